The molecule has 1 aliphatic rings. The number of hydrogen-bond donors (Lipinski definition) is 2. The molecule has 0 radical (unpaired) electrons. The van der Waals surface area contributed by atoms with Gasteiger partial charge in [0.2, 0.25) is 6.79 Å². The summed E-state index contributed by atoms with van der Waals surface area (Å²) in [5.74, 6) is 0.735. The van der Waals surface area contributed by atoms with Gasteiger partial charge in [-0.15, -0.1) is 0 Å². The molecule has 2 amide bonds. The van der Waals surface area contributed by atoms with E-state index in [2.05, 4.69) is 22.4 Å². The van der Waals surface area contributed by atoms with Gasteiger partial charge in [-0.2, -0.15) is 5.10 Å². The maximum absolute atomic E-state index is 12.7. The second-order valence-electron chi connectivity index (χ2n) is 7.13. The molecule has 0 fully saturated rings. The van der Waals surface area contributed by atoms with Gasteiger partial charge in [-0.3, -0.25) is 9.59 Å². The molecule has 0 aliphatic carbocycles. The van der Waals surface area contributed by atoms with E-state index in [0.717, 1.165) is 0 Å². The van der Waals surface area contributed by atoms with E-state index < -0.39 is 11.9 Å². The fourth-order valence-electron chi connectivity index (χ4n) is 2.90. The van der Waals surface area contributed by atoms with Gasteiger partial charge in [-0.25, -0.2) is 5.43 Å². The van der Waals surface area contributed by atoms with Crippen LogP contribution in [-0.4, -0.2) is 37.5 Å². The summed E-state index contributed by atoms with van der Waals surface area (Å²) < 4.78 is 16.1. The number of hydrogen-bond acceptors (Lipinski definition) is 6. The second-order valence-corrected chi connectivity index (χ2v) is 7.13. The predicted molar refractivity (Wildman–Crippen MR) is 117 cm³/mol. The van der Waals surface area contributed by atoms with Gasteiger partial charge in [0.05, 0.1) is 6.21 Å². The number of rotatable bonds is 9. The molecule has 8 heteroatoms. The first kappa shape index (κ1) is 21.9. The molecule has 162 valence electrons. The highest BCUT2D eigenvalue weighted by Gasteiger charge is 2.25. The van der Waals surface area contributed by atoms with E-state index >= 15 is 0 Å². The standard InChI is InChI=1S/C23H25N3O5/c1-4-11-29-18-8-6-5-7-17(18)13-24-26-23(28)21(15(2)3)25-22(27)16-9-10-19-20(12-16)31-14-30-19/h4-10,12-13,15,21H,1,11,14H2,2-3H3,(H,25,27)(H,26,28)/b24-13+. The summed E-state index contributed by atoms with van der Waals surface area (Å²) in [7, 11) is 0. The van der Waals surface area contributed by atoms with Crippen LogP contribution in [0.25, 0.3) is 0 Å². The van der Waals surface area contributed by atoms with Crippen LogP contribution in [0.2, 0.25) is 0 Å². The van der Waals surface area contributed by atoms with Crippen molar-refractivity contribution in [3.05, 3.63) is 66.2 Å². The minimum atomic E-state index is -0.776. The lowest BCUT2D eigenvalue weighted by molar-refractivity contribution is -0.123. The van der Waals surface area contributed by atoms with Crippen LogP contribution in [0.4, 0.5) is 0 Å². The maximum Gasteiger partial charge on any atom is 0.262 e. The van der Waals surface area contributed by atoms with E-state index in [1.807, 2.05) is 32.0 Å². The number of nitrogens with zero attached hydrogens (tertiary/aromatic N) is 1. The molecule has 0 aromatic heterocycles. The first-order valence-electron chi connectivity index (χ1n) is 9.85. The Morgan fingerprint density at radius 2 is 1.97 bits per heavy atom. The maximum atomic E-state index is 12.7. The van der Waals surface area contributed by atoms with Crippen LogP contribution in [0.1, 0.15) is 29.8 Å². The summed E-state index contributed by atoms with van der Waals surface area (Å²) in [4.78, 5) is 25.3. The first-order chi connectivity index (χ1) is 15.0. The number of para-hydroxylation sites is 1. The Morgan fingerprint density at radius 3 is 2.74 bits per heavy atom. The molecule has 2 aromatic carbocycles. The number of amides is 2. The Labute approximate surface area is 180 Å². The van der Waals surface area contributed by atoms with Crippen molar-refractivity contribution in [1.29, 1.82) is 0 Å². The van der Waals surface area contributed by atoms with Crippen LogP contribution in [0, 0.1) is 5.92 Å². The van der Waals surface area contributed by atoms with Gasteiger partial charge >= 0.3 is 0 Å². The smallest absolute Gasteiger partial charge is 0.262 e. The zero-order valence-electron chi connectivity index (χ0n) is 17.5. The molecule has 0 saturated heterocycles. The summed E-state index contributed by atoms with van der Waals surface area (Å²) in [5, 5.41) is 6.78. The Hall–Kier alpha value is -3.81. The van der Waals surface area contributed by atoms with Crippen molar-refractivity contribution in [2.75, 3.05) is 13.4 Å². The van der Waals surface area contributed by atoms with Gasteiger partial charge < -0.3 is 19.5 Å². The highest BCUT2D eigenvalue weighted by Crippen LogP contribution is 2.32. The third-order valence-electron chi connectivity index (χ3n) is 4.52. The SMILES string of the molecule is C=CCOc1ccccc1/C=N/NC(=O)C(NC(=O)c1ccc2c(c1)OCO2)C(C)C. The Bertz CT molecular complexity index is 987. The molecule has 2 N–H and O–H groups in total. The van der Waals surface area contributed by atoms with Gasteiger partial charge in [0.1, 0.15) is 18.4 Å². The van der Waals surface area contributed by atoms with Crippen LogP contribution in [0.15, 0.2) is 60.2 Å². The van der Waals surface area contributed by atoms with E-state index in [1.54, 1.807) is 30.3 Å². The fraction of sp³-hybridized carbons (Fsp3) is 0.261. The molecule has 1 heterocycles. The Balaban J connectivity index is 1.64. The quantitative estimate of drug-likeness (QED) is 0.367. The molecule has 0 spiro atoms. The van der Waals surface area contributed by atoms with E-state index in [9.17, 15) is 9.59 Å². The number of nitrogens with one attached hydrogen (secondary N) is 2. The van der Waals surface area contributed by atoms with Crippen LogP contribution in [0.5, 0.6) is 17.2 Å². The normalized spacial score (nSPS) is 13.1. The van der Waals surface area contributed by atoms with Gasteiger partial charge in [-0.1, -0.05) is 38.6 Å². The largest absolute Gasteiger partial charge is 0.489 e. The molecule has 8 nitrogen and oxygen atoms in total. The monoisotopic (exact) mass is 423 g/mol. The summed E-state index contributed by atoms with van der Waals surface area (Å²) in [5.41, 5.74) is 3.57. The third kappa shape index (κ3) is 5.63. The minimum Gasteiger partial charge on any atom is -0.489 e. The van der Waals surface area contributed by atoms with Crippen molar-refractivity contribution >= 4 is 18.0 Å². The number of ether oxygens (including phenoxy) is 3. The zero-order valence-corrected chi connectivity index (χ0v) is 17.5. The van der Waals surface area contributed by atoms with Crippen molar-refractivity contribution in [2.45, 2.75) is 19.9 Å². The number of carbonyl (C=O) groups excluding carboxylic acids is 2. The summed E-state index contributed by atoms with van der Waals surface area (Å²) in [6.07, 6.45) is 3.14. The highest BCUT2D eigenvalue weighted by atomic mass is 16.7. The Morgan fingerprint density at radius 1 is 1.19 bits per heavy atom. The summed E-state index contributed by atoms with van der Waals surface area (Å²) >= 11 is 0. The summed E-state index contributed by atoms with van der Waals surface area (Å²) in [6.45, 7) is 7.79. The summed E-state index contributed by atoms with van der Waals surface area (Å²) in [6, 6.07) is 11.4. The molecule has 0 saturated carbocycles. The van der Waals surface area contributed by atoms with Crippen LogP contribution in [0.3, 0.4) is 0 Å². The van der Waals surface area contributed by atoms with Crippen molar-refractivity contribution < 1.29 is 23.8 Å². The average molecular weight is 423 g/mol. The van der Waals surface area contributed by atoms with E-state index in [4.69, 9.17) is 14.2 Å². The van der Waals surface area contributed by atoms with E-state index in [1.165, 1.54) is 6.21 Å². The molecule has 1 unspecified atom stereocenters. The third-order valence-corrected chi connectivity index (χ3v) is 4.52. The average Bonchev–Trinajstić information content (AvgIpc) is 3.24. The van der Waals surface area contributed by atoms with Crippen molar-refractivity contribution in [3.8, 4) is 17.2 Å². The van der Waals surface area contributed by atoms with Gasteiger partial charge in [0.15, 0.2) is 11.5 Å². The van der Waals surface area contributed by atoms with Crippen molar-refractivity contribution in [3.63, 3.8) is 0 Å². The molecule has 31 heavy (non-hydrogen) atoms. The van der Waals surface area contributed by atoms with Gasteiger partial charge in [0, 0.05) is 11.1 Å². The van der Waals surface area contributed by atoms with Crippen LogP contribution < -0.4 is 25.0 Å². The number of carbonyl (C=O) groups is 2. The molecular formula is C23H25N3O5. The van der Waals surface area contributed by atoms with Crippen molar-refractivity contribution in [2.24, 2.45) is 11.0 Å². The molecule has 3 rings (SSSR count). The second kappa shape index (κ2) is 10.3. The molecular weight excluding hydrogens is 398 g/mol. The molecule has 0 bridgehead atoms. The Kier molecular flexibility index (Phi) is 7.26. The van der Waals surface area contributed by atoms with Crippen LogP contribution in [-0.2, 0) is 4.79 Å². The minimum absolute atomic E-state index is 0.122. The first-order valence-corrected chi connectivity index (χ1v) is 9.85. The predicted octanol–water partition coefficient (Wildman–Crippen LogP) is 2.88. The lowest BCUT2D eigenvalue weighted by Crippen LogP contribution is -2.48. The number of fused-ring (bicyclic) bond motifs is 1. The lowest BCUT2D eigenvalue weighted by Gasteiger charge is -2.20. The van der Waals surface area contributed by atoms with Crippen molar-refractivity contribution in [1.82, 2.24) is 10.7 Å². The number of benzene rings is 2. The molecule has 1 aliphatic heterocycles. The fourth-order valence-corrected chi connectivity index (χ4v) is 2.90. The highest BCUT2D eigenvalue weighted by molar-refractivity contribution is 5.98. The molecule has 2 aromatic rings. The lowest BCUT2D eigenvalue weighted by atomic mass is 10.0. The molecule has 1 atom stereocenters. The van der Waals surface area contributed by atoms with Crippen LogP contribution >= 0.6 is 0 Å². The zero-order chi connectivity index (χ0) is 22.2. The topological polar surface area (TPSA) is 98.2 Å². The van der Waals surface area contributed by atoms with E-state index in [-0.39, 0.29) is 18.6 Å². The van der Waals surface area contributed by atoms with Gasteiger partial charge in [0.25, 0.3) is 11.8 Å². The van der Waals surface area contributed by atoms with Gasteiger partial charge in [-0.05, 0) is 36.2 Å². The van der Waals surface area contributed by atoms with E-state index in [0.29, 0.717) is 35.0 Å². The number of hydrazone groups is 1.